The Morgan fingerprint density at radius 1 is 1.53 bits per heavy atom. The topological polar surface area (TPSA) is 88.0 Å². The molecule has 0 aliphatic rings. The minimum atomic E-state index is -0.887. The second-order valence-electron chi connectivity index (χ2n) is 3.97. The van der Waals surface area contributed by atoms with Crippen molar-refractivity contribution in [1.82, 2.24) is 10.3 Å². The SMILES string of the molecule is CC(C)(N)C(=O)NCc1ccc(=O)[nH]c1. The highest BCUT2D eigenvalue weighted by atomic mass is 16.2. The van der Waals surface area contributed by atoms with Crippen LogP contribution >= 0.6 is 0 Å². The summed E-state index contributed by atoms with van der Waals surface area (Å²) in [6, 6.07) is 3.07. The molecule has 1 rings (SSSR count). The molecular weight excluding hydrogens is 194 g/mol. The molecule has 0 spiro atoms. The van der Waals surface area contributed by atoms with Gasteiger partial charge in [0.1, 0.15) is 0 Å². The zero-order valence-corrected chi connectivity index (χ0v) is 8.83. The number of nitrogens with two attached hydrogens (primary N) is 1. The predicted octanol–water partition coefficient (Wildman–Crippen LogP) is -0.272. The zero-order chi connectivity index (χ0) is 11.5. The molecule has 0 aromatic carbocycles. The van der Waals surface area contributed by atoms with Gasteiger partial charge in [0.25, 0.3) is 0 Å². The molecule has 15 heavy (non-hydrogen) atoms. The number of rotatable bonds is 3. The minimum absolute atomic E-state index is 0.163. The summed E-state index contributed by atoms with van der Waals surface area (Å²) in [6.07, 6.45) is 1.56. The van der Waals surface area contributed by atoms with Crippen LogP contribution in [0.2, 0.25) is 0 Å². The predicted molar refractivity (Wildman–Crippen MR) is 57.2 cm³/mol. The van der Waals surface area contributed by atoms with Gasteiger partial charge in [0.15, 0.2) is 0 Å². The van der Waals surface area contributed by atoms with Crippen LogP contribution in [0.1, 0.15) is 19.4 Å². The lowest BCUT2D eigenvalue weighted by molar-refractivity contribution is -0.125. The summed E-state index contributed by atoms with van der Waals surface area (Å²) in [5.74, 6) is -0.228. The third-order valence-corrected chi connectivity index (χ3v) is 1.89. The molecule has 0 saturated heterocycles. The summed E-state index contributed by atoms with van der Waals surface area (Å²) in [7, 11) is 0. The molecule has 0 aliphatic heterocycles. The first-order valence-corrected chi connectivity index (χ1v) is 4.64. The number of amides is 1. The summed E-state index contributed by atoms with van der Waals surface area (Å²) in [5.41, 5.74) is 5.37. The molecule has 0 aliphatic carbocycles. The molecular formula is C10H15N3O2. The molecule has 0 atom stereocenters. The van der Waals surface area contributed by atoms with Crippen molar-refractivity contribution in [2.24, 2.45) is 5.73 Å². The molecule has 0 unspecified atom stereocenters. The van der Waals surface area contributed by atoms with Gasteiger partial charge >= 0.3 is 0 Å². The van der Waals surface area contributed by atoms with Crippen molar-refractivity contribution in [1.29, 1.82) is 0 Å². The maximum Gasteiger partial charge on any atom is 0.247 e. The monoisotopic (exact) mass is 209 g/mol. The van der Waals surface area contributed by atoms with E-state index in [-0.39, 0.29) is 11.5 Å². The number of aromatic nitrogens is 1. The van der Waals surface area contributed by atoms with Gasteiger partial charge in [-0.1, -0.05) is 6.07 Å². The maximum absolute atomic E-state index is 11.4. The average Bonchev–Trinajstić information content (AvgIpc) is 2.15. The van der Waals surface area contributed by atoms with Crippen LogP contribution in [0.15, 0.2) is 23.1 Å². The summed E-state index contributed by atoms with van der Waals surface area (Å²) < 4.78 is 0. The van der Waals surface area contributed by atoms with E-state index >= 15 is 0 Å². The Labute approximate surface area is 87.7 Å². The van der Waals surface area contributed by atoms with Gasteiger partial charge in [0.2, 0.25) is 11.5 Å². The number of hydrogen-bond donors (Lipinski definition) is 3. The Balaban J connectivity index is 2.55. The molecule has 4 N–H and O–H groups in total. The highest BCUT2D eigenvalue weighted by Crippen LogP contribution is 1.98. The van der Waals surface area contributed by atoms with E-state index in [0.29, 0.717) is 6.54 Å². The van der Waals surface area contributed by atoms with Crippen LogP contribution in [0.25, 0.3) is 0 Å². The van der Waals surface area contributed by atoms with Crippen molar-refractivity contribution in [2.45, 2.75) is 25.9 Å². The standard InChI is InChI=1S/C10H15N3O2/c1-10(2,11)9(15)13-6-7-3-4-8(14)12-5-7/h3-5H,6,11H2,1-2H3,(H,12,14)(H,13,15). The molecule has 1 aromatic heterocycles. The second kappa shape index (κ2) is 4.27. The number of carbonyl (C=O) groups excluding carboxylic acids is 1. The molecule has 1 amide bonds. The molecule has 5 nitrogen and oxygen atoms in total. The Bertz CT molecular complexity index is 383. The molecule has 5 heteroatoms. The second-order valence-corrected chi connectivity index (χ2v) is 3.97. The lowest BCUT2D eigenvalue weighted by Gasteiger charge is -2.17. The van der Waals surface area contributed by atoms with Crippen LogP contribution in [0.3, 0.4) is 0 Å². The Hall–Kier alpha value is -1.62. The van der Waals surface area contributed by atoms with Crippen molar-refractivity contribution in [3.8, 4) is 0 Å². The van der Waals surface area contributed by atoms with E-state index in [0.717, 1.165) is 5.56 Å². The van der Waals surface area contributed by atoms with Gasteiger partial charge in [0, 0.05) is 18.8 Å². The van der Waals surface area contributed by atoms with Gasteiger partial charge in [-0.2, -0.15) is 0 Å². The van der Waals surface area contributed by atoms with Gasteiger partial charge < -0.3 is 16.0 Å². The highest BCUT2D eigenvalue weighted by molar-refractivity contribution is 5.84. The average molecular weight is 209 g/mol. The molecule has 0 radical (unpaired) electrons. The lowest BCUT2D eigenvalue weighted by Crippen LogP contribution is -2.48. The first-order chi connectivity index (χ1) is 6.89. The van der Waals surface area contributed by atoms with Gasteiger partial charge in [-0.3, -0.25) is 9.59 Å². The van der Waals surface area contributed by atoms with Gasteiger partial charge in [0.05, 0.1) is 5.54 Å². The van der Waals surface area contributed by atoms with Crippen LogP contribution in [-0.4, -0.2) is 16.4 Å². The lowest BCUT2D eigenvalue weighted by atomic mass is 10.1. The molecule has 0 fully saturated rings. The summed E-state index contributed by atoms with van der Waals surface area (Å²) in [6.45, 7) is 3.63. The minimum Gasteiger partial charge on any atom is -0.350 e. The third-order valence-electron chi connectivity index (χ3n) is 1.89. The van der Waals surface area contributed by atoms with Gasteiger partial charge in [-0.15, -0.1) is 0 Å². The van der Waals surface area contributed by atoms with E-state index in [4.69, 9.17) is 5.73 Å². The van der Waals surface area contributed by atoms with Crippen molar-refractivity contribution in [3.05, 3.63) is 34.2 Å². The van der Waals surface area contributed by atoms with Crippen LogP contribution in [0.5, 0.6) is 0 Å². The van der Waals surface area contributed by atoms with E-state index in [1.165, 1.54) is 6.07 Å². The quantitative estimate of drug-likeness (QED) is 0.640. The first kappa shape index (κ1) is 11.5. The molecule has 0 bridgehead atoms. The summed E-state index contributed by atoms with van der Waals surface area (Å²) in [5, 5.41) is 2.67. The van der Waals surface area contributed by atoms with Crippen molar-refractivity contribution >= 4 is 5.91 Å². The number of aromatic amines is 1. The number of hydrogen-bond acceptors (Lipinski definition) is 3. The maximum atomic E-state index is 11.4. The van der Waals surface area contributed by atoms with Crippen molar-refractivity contribution < 1.29 is 4.79 Å². The number of nitrogens with one attached hydrogen (secondary N) is 2. The van der Waals surface area contributed by atoms with Crippen molar-refractivity contribution in [3.63, 3.8) is 0 Å². The van der Waals surface area contributed by atoms with E-state index in [9.17, 15) is 9.59 Å². The molecule has 0 saturated carbocycles. The number of H-pyrrole nitrogens is 1. The van der Waals surface area contributed by atoms with Gasteiger partial charge in [-0.25, -0.2) is 0 Å². The first-order valence-electron chi connectivity index (χ1n) is 4.64. The number of carbonyl (C=O) groups is 1. The smallest absolute Gasteiger partial charge is 0.247 e. The van der Waals surface area contributed by atoms with Gasteiger partial charge in [-0.05, 0) is 19.4 Å². The van der Waals surface area contributed by atoms with Crippen LogP contribution in [0.4, 0.5) is 0 Å². The third kappa shape index (κ3) is 3.55. The fourth-order valence-corrected chi connectivity index (χ4v) is 0.963. The van der Waals surface area contributed by atoms with E-state index in [1.54, 1.807) is 26.1 Å². The largest absolute Gasteiger partial charge is 0.350 e. The fourth-order valence-electron chi connectivity index (χ4n) is 0.963. The van der Waals surface area contributed by atoms with E-state index < -0.39 is 5.54 Å². The Morgan fingerprint density at radius 3 is 2.67 bits per heavy atom. The van der Waals surface area contributed by atoms with E-state index in [1.807, 2.05) is 0 Å². The summed E-state index contributed by atoms with van der Waals surface area (Å²) in [4.78, 5) is 24.7. The Kier molecular flexibility index (Phi) is 3.26. The van der Waals surface area contributed by atoms with Crippen molar-refractivity contribution in [2.75, 3.05) is 0 Å². The molecule has 82 valence electrons. The van der Waals surface area contributed by atoms with E-state index in [2.05, 4.69) is 10.3 Å². The molecule has 1 aromatic rings. The van der Waals surface area contributed by atoms with Crippen LogP contribution < -0.4 is 16.6 Å². The normalized spacial score (nSPS) is 11.1. The fraction of sp³-hybridized carbons (Fsp3) is 0.400. The highest BCUT2D eigenvalue weighted by Gasteiger charge is 2.20. The number of pyridine rings is 1. The summed E-state index contributed by atoms with van der Waals surface area (Å²) >= 11 is 0. The van der Waals surface area contributed by atoms with Crippen LogP contribution in [0, 0.1) is 0 Å². The zero-order valence-electron chi connectivity index (χ0n) is 8.83. The van der Waals surface area contributed by atoms with Crippen LogP contribution in [-0.2, 0) is 11.3 Å². The molecule has 1 heterocycles. The Morgan fingerprint density at radius 2 is 2.20 bits per heavy atom.